The van der Waals surface area contributed by atoms with Gasteiger partial charge in [-0.05, 0) is 18.2 Å². The zero-order valence-corrected chi connectivity index (χ0v) is 10.5. The lowest BCUT2D eigenvalue weighted by molar-refractivity contribution is 1.08. The van der Waals surface area contributed by atoms with Gasteiger partial charge in [0.2, 0.25) is 5.95 Å². The van der Waals surface area contributed by atoms with Gasteiger partial charge in [-0.25, -0.2) is 9.97 Å². The summed E-state index contributed by atoms with van der Waals surface area (Å²) in [5.41, 5.74) is 0.378. The number of anilines is 1. The summed E-state index contributed by atoms with van der Waals surface area (Å²) < 4.78 is 0. The fourth-order valence-electron chi connectivity index (χ4n) is 1.35. The molecule has 0 amide bonds. The Bertz CT molecular complexity index is 536. The van der Waals surface area contributed by atoms with Crippen molar-refractivity contribution in [2.24, 2.45) is 0 Å². The molecule has 4 nitrogen and oxygen atoms in total. The number of aromatic nitrogens is 2. The summed E-state index contributed by atoms with van der Waals surface area (Å²) in [4.78, 5) is 9.33. The van der Waals surface area contributed by atoms with Crippen molar-refractivity contribution in [3.8, 4) is 6.07 Å². The van der Waals surface area contributed by atoms with E-state index in [1.165, 1.54) is 4.90 Å². The van der Waals surface area contributed by atoms with Crippen molar-refractivity contribution in [1.29, 1.82) is 5.26 Å². The molecule has 2 aromatic rings. The Kier molecular flexibility index (Phi) is 4.56. The topological polar surface area (TPSA) is 61.6 Å². The summed E-state index contributed by atoms with van der Waals surface area (Å²) in [6, 6.07) is 13.8. The predicted octanol–water partition coefficient (Wildman–Crippen LogP) is 2.55. The Morgan fingerprint density at radius 3 is 2.83 bits per heavy atom. The first-order valence-electron chi connectivity index (χ1n) is 5.53. The van der Waals surface area contributed by atoms with Gasteiger partial charge in [0.25, 0.3) is 0 Å². The van der Waals surface area contributed by atoms with E-state index in [9.17, 15) is 0 Å². The van der Waals surface area contributed by atoms with Gasteiger partial charge >= 0.3 is 0 Å². The third-order valence-corrected chi connectivity index (χ3v) is 3.18. The Labute approximate surface area is 110 Å². The summed E-state index contributed by atoms with van der Waals surface area (Å²) >= 11 is 1.77. The van der Waals surface area contributed by atoms with E-state index >= 15 is 0 Å². The molecular formula is C13H12N4S. The van der Waals surface area contributed by atoms with Crippen molar-refractivity contribution in [2.75, 3.05) is 17.6 Å². The molecule has 0 saturated heterocycles. The van der Waals surface area contributed by atoms with Crippen LogP contribution < -0.4 is 5.32 Å². The molecule has 18 heavy (non-hydrogen) atoms. The highest BCUT2D eigenvalue weighted by molar-refractivity contribution is 7.99. The van der Waals surface area contributed by atoms with E-state index < -0.39 is 0 Å². The molecule has 1 aromatic heterocycles. The molecule has 0 fully saturated rings. The third-order valence-electron chi connectivity index (χ3n) is 2.17. The van der Waals surface area contributed by atoms with Crippen LogP contribution in [0.25, 0.3) is 0 Å². The van der Waals surface area contributed by atoms with Gasteiger partial charge in [-0.1, -0.05) is 18.2 Å². The van der Waals surface area contributed by atoms with Gasteiger partial charge in [0.05, 0.1) is 0 Å². The molecule has 1 aromatic carbocycles. The van der Waals surface area contributed by atoms with Crippen molar-refractivity contribution in [2.45, 2.75) is 4.90 Å². The van der Waals surface area contributed by atoms with E-state index in [1.807, 2.05) is 24.3 Å². The van der Waals surface area contributed by atoms with Crippen molar-refractivity contribution in [3.05, 3.63) is 48.3 Å². The number of nitrogens with one attached hydrogen (secondary N) is 1. The largest absolute Gasteiger partial charge is 0.353 e. The van der Waals surface area contributed by atoms with Crippen LogP contribution in [0.4, 0.5) is 5.95 Å². The first kappa shape index (κ1) is 12.4. The van der Waals surface area contributed by atoms with E-state index in [-0.39, 0.29) is 0 Å². The van der Waals surface area contributed by atoms with Crippen LogP contribution in [-0.4, -0.2) is 22.3 Å². The van der Waals surface area contributed by atoms with E-state index in [0.29, 0.717) is 11.6 Å². The molecule has 0 aliphatic carbocycles. The van der Waals surface area contributed by atoms with Crippen LogP contribution >= 0.6 is 11.8 Å². The molecule has 0 unspecified atom stereocenters. The molecule has 0 saturated carbocycles. The molecule has 0 aliphatic heterocycles. The molecule has 0 aliphatic rings. The fraction of sp³-hybridized carbons (Fsp3) is 0.154. The maximum Gasteiger partial charge on any atom is 0.223 e. The van der Waals surface area contributed by atoms with Crippen molar-refractivity contribution >= 4 is 17.7 Å². The molecule has 1 N–H and O–H groups in total. The van der Waals surface area contributed by atoms with Gasteiger partial charge in [0.1, 0.15) is 11.8 Å². The van der Waals surface area contributed by atoms with Gasteiger partial charge < -0.3 is 5.32 Å². The Hall–Kier alpha value is -2.06. The summed E-state index contributed by atoms with van der Waals surface area (Å²) in [5, 5.41) is 11.8. The SMILES string of the molecule is N#Cc1ccnc(NCCSc2ccccc2)n1. The minimum atomic E-state index is 0.378. The highest BCUT2D eigenvalue weighted by Gasteiger charge is 1.98. The standard InChI is InChI=1S/C13H12N4S/c14-10-11-6-7-15-13(17-11)16-8-9-18-12-4-2-1-3-5-12/h1-7H,8-9H2,(H,15,16,17). The number of benzene rings is 1. The first-order valence-corrected chi connectivity index (χ1v) is 6.52. The van der Waals surface area contributed by atoms with Crippen LogP contribution in [0.15, 0.2) is 47.5 Å². The van der Waals surface area contributed by atoms with Gasteiger partial charge in [-0.3, -0.25) is 0 Å². The lowest BCUT2D eigenvalue weighted by Crippen LogP contribution is -2.07. The van der Waals surface area contributed by atoms with Crippen LogP contribution in [0, 0.1) is 11.3 Å². The number of nitriles is 1. The Morgan fingerprint density at radius 2 is 2.06 bits per heavy atom. The van der Waals surface area contributed by atoms with Gasteiger partial charge in [0.15, 0.2) is 0 Å². The van der Waals surface area contributed by atoms with Crippen LogP contribution in [-0.2, 0) is 0 Å². The van der Waals surface area contributed by atoms with Crippen LogP contribution in [0.5, 0.6) is 0 Å². The molecule has 5 heteroatoms. The number of hydrogen-bond acceptors (Lipinski definition) is 5. The second-order valence-electron chi connectivity index (χ2n) is 3.47. The van der Waals surface area contributed by atoms with Gasteiger partial charge in [-0.2, -0.15) is 5.26 Å². The van der Waals surface area contributed by atoms with Crippen LogP contribution in [0.1, 0.15) is 5.69 Å². The average molecular weight is 256 g/mol. The van der Waals surface area contributed by atoms with Crippen LogP contribution in [0.2, 0.25) is 0 Å². The molecule has 1 heterocycles. The number of hydrogen-bond donors (Lipinski definition) is 1. The second kappa shape index (κ2) is 6.62. The Morgan fingerprint density at radius 1 is 1.22 bits per heavy atom. The second-order valence-corrected chi connectivity index (χ2v) is 4.63. The van der Waals surface area contributed by atoms with E-state index in [1.54, 1.807) is 24.0 Å². The van der Waals surface area contributed by atoms with Gasteiger partial charge in [-0.15, -0.1) is 11.8 Å². The lowest BCUT2D eigenvalue weighted by atomic mass is 10.4. The lowest BCUT2D eigenvalue weighted by Gasteiger charge is -2.04. The summed E-state index contributed by atoms with van der Waals surface area (Å²) in [6.45, 7) is 0.758. The third kappa shape index (κ3) is 3.75. The predicted molar refractivity (Wildman–Crippen MR) is 72.4 cm³/mol. The van der Waals surface area contributed by atoms with Crippen molar-refractivity contribution in [1.82, 2.24) is 9.97 Å². The summed E-state index contributed by atoms with van der Waals surface area (Å²) in [7, 11) is 0. The molecular weight excluding hydrogens is 244 g/mol. The highest BCUT2D eigenvalue weighted by atomic mass is 32.2. The van der Waals surface area contributed by atoms with E-state index in [0.717, 1.165) is 12.3 Å². The molecule has 0 radical (unpaired) electrons. The quantitative estimate of drug-likeness (QED) is 0.658. The normalized spacial score (nSPS) is 9.72. The summed E-state index contributed by atoms with van der Waals surface area (Å²) in [6.07, 6.45) is 1.58. The Balaban J connectivity index is 1.77. The van der Waals surface area contributed by atoms with Crippen molar-refractivity contribution in [3.63, 3.8) is 0 Å². The smallest absolute Gasteiger partial charge is 0.223 e. The zero-order chi connectivity index (χ0) is 12.6. The fourth-order valence-corrected chi connectivity index (χ4v) is 2.14. The molecule has 0 atom stereocenters. The molecule has 2 rings (SSSR count). The van der Waals surface area contributed by atoms with Crippen molar-refractivity contribution < 1.29 is 0 Å². The molecule has 0 bridgehead atoms. The average Bonchev–Trinajstić information content (AvgIpc) is 2.45. The van der Waals surface area contributed by atoms with Gasteiger partial charge in [0, 0.05) is 23.4 Å². The number of rotatable bonds is 5. The number of nitrogens with zero attached hydrogens (tertiary/aromatic N) is 3. The molecule has 0 spiro atoms. The monoisotopic (exact) mass is 256 g/mol. The highest BCUT2D eigenvalue weighted by Crippen LogP contribution is 2.16. The van der Waals surface area contributed by atoms with E-state index in [4.69, 9.17) is 5.26 Å². The minimum Gasteiger partial charge on any atom is -0.353 e. The maximum atomic E-state index is 8.71. The number of thioether (sulfide) groups is 1. The summed E-state index contributed by atoms with van der Waals surface area (Å²) in [5.74, 6) is 1.42. The maximum absolute atomic E-state index is 8.71. The molecule has 90 valence electrons. The minimum absolute atomic E-state index is 0.378. The zero-order valence-electron chi connectivity index (χ0n) is 9.71. The van der Waals surface area contributed by atoms with E-state index in [2.05, 4.69) is 27.4 Å². The first-order chi connectivity index (χ1) is 8.88. The van der Waals surface area contributed by atoms with Crippen LogP contribution in [0.3, 0.4) is 0 Å².